The van der Waals surface area contributed by atoms with E-state index in [4.69, 9.17) is 19.3 Å². The molecule has 0 unspecified atom stereocenters. The molecule has 0 saturated heterocycles. The molecule has 0 fully saturated rings. The molecule has 1 aliphatic rings. The van der Waals surface area contributed by atoms with Crippen LogP contribution in [0.3, 0.4) is 0 Å². The monoisotopic (exact) mass is 524 g/mol. The van der Waals surface area contributed by atoms with Crippen LogP contribution in [0.15, 0.2) is 36.4 Å². The van der Waals surface area contributed by atoms with Crippen LogP contribution in [0.2, 0.25) is 0 Å². The van der Waals surface area contributed by atoms with Crippen molar-refractivity contribution in [2.75, 3.05) is 13.2 Å². The van der Waals surface area contributed by atoms with E-state index >= 15 is 0 Å². The summed E-state index contributed by atoms with van der Waals surface area (Å²) in [5, 5.41) is 19.5. The maximum absolute atomic E-state index is 12.8. The lowest BCUT2D eigenvalue weighted by Crippen LogP contribution is -2.38. The molecule has 1 aliphatic heterocycles. The maximum atomic E-state index is 12.8. The predicted octanol–water partition coefficient (Wildman–Crippen LogP) is 5.71. The van der Waals surface area contributed by atoms with Crippen LogP contribution >= 0.6 is 0 Å². The summed E-state index contributed by atoms with van der Waals surface area (Å²) >= 11 is 0. The molecule has 8 heteroatoms. The minimum Gasteiger partial charge on any atom is -0.507 e. The normalized spacial score (nSPS) is 16.7. The third kappa shape index (κ3) is 6.73. The number of ether oxygens (including phenoxy) is 3. The van der Waals surface area contributed by atoms with Gasteiger partial charge >= 0.3 is 5.97 Å². The number of aliphatic carboxylic acids is 1. The van der Waals surface area contributed by atoms with Crippen LogP contribution in [0, 0.1) is 0 Å². The van der Waals surface area contributed by atoms with Gasteiger partial charge in [-0.15, -0.1) is 0 Å². The molecule has 0 radical (unpaired) electrons. The highest BCUT2D eigenvalue weighted by molar-refractivity contribution is 6.01. The molecule has 0 aromatic heterocycles. The van der Waals surface area contributed by atoms with Crippen molar-refractivity contribution in [1.29, 1.82) is 0 Å². The second-order valence-electron chi connectivity index (χ2n) is 9.65. The molecule has 38 heavy (non-hydrogen) atoms. The molecular formula is C30H36O8. The number of benzene rings is 2. The van der Waals surface area contributed by atoms with Gasteiger partial charge in [-0.25, -0.2) is 4.79 Å². The van der Waals surface area contributed by atoms with E-state index < -0.39 is 11.6 Å². The fourth-order valence-corrected chi connectivity index (χ4v) is 4.54. The number of rotatable bonds is 13. The number of hydrogen-bond donors (Lipinski definition) is 2. The smallest absolute Gasteiger partial charge is 0.328 e. The van der Waals surface area contributed by atoms with Crippen LogP contribution in [-0.2, 0) is 17.6 Å². The third-order valence-electron chi connectivity index (χ3n) is 6.37. The van der Waals surface area contributed by atoms with Gasteiger partial charge < -0.3 is 24.4 Å². The van der Waals surface area contributed by atoms with Crippen LogP contribution in [0.1, 0.15) is 85.2 Å². The summed E-state index contributed by atoms with van der Waals surface area (Å²) in [6.45, 7) is 7.82. The van der Waals surface area contributed by atoms with Gasteiger partial charge in [0.1, 0.15) is 28.6 Å². The average molecular weight is 525 g/mol. The summed E-state index contributed by atoms with van der Waals surface area (Å²) in [7, 11) is 0. The highest BCUT2D eigenvalue weighted by atomic mass is 16.5. The standard InChI is InChI=1S/C30H36O8/c1-5-8-22-25(12-10-20(19(3)31)28(22)35)36-16-7-17-37-26-13-11-21-24(32)18-30(4,15-14-27(33)34)38-29(21)23(26)9-6-2/h10-15,35H,5-9,16-18H2,1-4H3,(H,33,34)/b15-14+/t30-/m1/s1. The first-order chi connectivity index (χ1) is 18.1. The Morgan fingerprint density at radius 1 is 1.03 bits per heavy atom. The number of fused-ring (bicyclic) bond motifs is 1. The quantitative estimate of drug-likeness (QED) is 0.194. The Labute approximate surface area is 223 Å². The summed E-state index contributed by atoms with van der Waals surface area (Å²) in [5.41, 5.74) is 1.11. The van der Waals surface area contributed by atoms with Gasteiger partial charge in [0.25, 0.3) is 0 Å². The Morgan fingerprint density at radius 2 is 1.63 bits per heavy atom. The molecule has 8 nitrogen and oxygen atoms in total. The van der Waals surface area contributed by atoms with Crippen molar-refractivity contribution < 1.29 is 38.8 Å². The van der Waals surface area contributed by atoms with E-state index in [9.17, 15) is 19.5 Å². The number of phenols is 1. The Bertz CT molecular complexity index is 1230. The molecule has 1 heterocycles. The van der Waals surface area contributed by atoms with Gasteiger partial charge in [-0.1, -0.05) is 26.7 Å². The zero-order chi connectivity index (χ0) is 27.9. The number of carbonyl (C=O) groups excluding carboxylic acids is 2. The Hall–Kier alpha value is -3.81. The molecule has 0 aliphatic carbocycles. The maximum Gasteiger partial charge on any atom is 0.328 e. The highest BCUT2D eigenvalue weighted by Crippen LogP contribution is 2.41. The number of aromatic hydroxyl groups is 1. The highest BCUT2D eigenvalue weighted by Gasteiger charge is 2.36. The van der Waals surface area contributed by atoms with Crippen molar-refractivity contribution in [3.8, 4) is 23.0 Å². The number of carboxylic acid groups (broad SMARTS) is 1. The first-order valence-corrected chi connectivity index (χ1v) is 13.0. The van der Waals surface area contributed by atoms with Gasteiger partial charge in [0.2, 0.25) is 0 Å². The topological polar surface area (TPSA) is 119 Å². The number of carboxylic acids is 1. The van der Waals surface area contributed by atoms with Crippen molar-refractivity contribution in [2.24, 2.45) is 0 Å². The van der Waals surface area contributed by atoms with Crippen molar-refractivity contribution in [3.05, 3.63) is 58.7 Å². The van der Waals surface area contributed by atoms with Crippen LogP contribution in [0.5, 0.6) is 23.0 Å². The molecule has 0 saturated carbocycles. The van der Waals surface area contributed by atoms with E-state index in [1.54, 1.807) is 31.2 Å². The van der Waals surface area contributed by atoms with E-state index in [0.717, 1.165) is 24.5 Å². The summed E-state index contributed by atoms with van der Waals surface area (Å²) in [4.78, 5) is 35.6. The number of Topliss-reactive ketones (excluding diaryl/α,β-unsaturated/α-hetero) is 2. The zero-order valence-corrected chi connectivity index (χ0v) is 22.5. The molecule has 3 rings (SSSR count). The SMILES string of the molecule is CCCc1c(OCCCOc2ccc3c(c2CCC)O[C@](C)(/C=C/C(=O)O)CC3=O)ccc(C(C)=O)c1O. The number of hydrogen-bond acceptors (Lipinski definition) is 7. The lowest BCUT2D eigenvalue weighted by atomic mass is 9.89. The van der Waals surface area contributed by atoms with Crippen molar-refractivity contribution in [2.45, 2.75) is 71.8 Å². The summed E-state index contributed by atoms with van der Waals surface area (Å²) in [6, 6.07) is 6.77. The van der Waals surface area contributed by atoms with Gasteiger partial charge in [-0.05, 0) is 57.0 Å². The fourth-order valence-electron chi connectivity index (χ4n) is 4.54. The Morgan fingerprint density at radius 3 is 2.24 bits per heavy atom. The van der Waals surface area contributed by atoms with Crippen LogP contribution in [0.4, 0.5) is 0 Å². The van der Waals surface area contributed by atoms with Gasteiger partial charge in [0, 0.05) is 23.6 Å². The van der Waals surface area contributed by atoms with E-state index in [1.807, 2.05) is 13.8 Å². The molecule has 2 aromatic rings. The van der Waals surface area contributed by atoms with E-state index in [0.29, 0.717) is 60.9 Å². The van der Waals surface area contributed by atoms with Crippen LogP contribution < -0.4 is 14.2 Å². The average Bonchev–Trinajstić information content (AvgIpc) is 2.85. The van der Waals surface area contributed by atoms with Crippen molar-refractivity contribution in [3.63, 3.8) is 0 Å². The molecule has 0 bridgehead atoms. The Balaban J connectivity index is 1.71. The first-order valence-electron chi connectivity index (χ1n) is 13.0. The minimum atomic E-state index is -1.10. The van der Waals surface area contributed by atoms with Crippen molar-refractivity contribution in [1.82, 2.24) is 0 Å². The molecule has 0 amide bonds. The molecule has 2 N–H and O–H groups in total. The molecule has 2 aromatic carbocycles. The summed E-state index contributed by atoms with van der Waals surface area (Å²) in [5.74, 6) is 0.175. The summed E-state index contributed by atoms with van der Waals surface area (Å²) < 4.78 is 18.2. The van der Waals surface area contributed by atoms with Gasteiger partial charge in [0.05, 0.1) is 30.8 Å². The number of carbonyl (C=O) groups is 3. The minimum absolute atomic E-state index is 0.0221. The van der Waals surface area contributed by atoms with E-state index in [1.165, 1.54) is 13.0 Å². The number of ketones is 2. The van der Waals surface area contributed by atoms with E-state index in [-0.39, 0.29) is 29.3 Å². The zero-order valence-electron chi connectivity index (χ0n) is 22.5. The molecule has 204 valence electrons. The van der Waals surface area contributed by atoms with Crippen LogP contribution in [-0.4, -0.2) is 46.6 Å². The van der Waals surface area contributed by atoms with E-state index in [2.05, 4.69) is 0 Å². The largest absolute Gasteiger partial charge is 0.507 e. The van der Waals surface area contributed by atoms with Gasteiger partial charge in [-0.3, -0.25) is 9.59 Å². The number of phenolic OH excluding ortho intramolecular Hbond substituents is 1. The van der Waals surface area contributed by atoms with Crippen molar-refractivity contribution >= 4 is 17.5 Å². The fraction of sp³-hybridized carbons (Fsp3) is 0.433. The molecule has 1 atom stereocenters. The molecular weight excluding hydrogens is 488 g/mol. The van der Waals surface area contributed by atoms with Crippen LogP contribution in [0.25, 0.3) is 0 Å². The van der Waals surface area contributed by atoms with Gasteiger partial charge in [-0.2, -0.15) is 0 Å². The lowest BCUT2D eigenvalue weighted by molar-refractivity contribution is -0.131. The Kier molecular flexibility index (Phi) is 9.55. The lowest BCUT2D eigenvalue weighted by Gasteiger charge is -2.34. The predicted molar refractivity (Wildman–Crippen MR) is 143 cm³/mol. The second kappa shape index (κ2) is 12.6. The third-order valence-corrected chi connectivity index (χ3v) is 6.37. The van der Waals surface area contributed by atoms with Gasteiger partial charge in [0.15, 0.2) is 11.6 Å². The first kappa shape index (κ1) is 28.8. The second-order valence-corrected chi connectivity index (χ2v) is 9.65. The molecule has 0 spiro atoms. The summed E-state index contributed by atoms with van der Waals surface area (Å²) in [6.07, 6.45) is 5.83.